The molecule has 1 saturated heterocycles. The molecule has 0 aliphatic carbocycles. The summed E-state index contributed by atoms with van der Waals surface area (Å²) in [6.45, 7) is 0. The Labute approximate surface area is 74.9 Å². The number of hydrogen-bond donors (Lipinski definition) is 0. The van der Waals surface area contributed by atoms with Crippen LogP contribution in [0.2, 0.25) is 0 Å². The molecule has 0 aromatic carbocycles. The summed E-state index contributed by atoms with van der Waals surface area (Å²) in [7, 11) is 0. The van der Waals surface area contributed by atoms with Crippen molar-refractivity contribution in [1.29, 1.82) is 0 Å². The van der Waals surface area contributed by atoms with Gasteiger partial charge in [-0.25, -0.2) is 0 Å². The molecule has 2 atom stereocenters. The molecular weight excluding hydrogens is 270 g/mol. The summed E-state index contributed by atoms with van der Waals surface area (Å²) in [5.74, 6) is 2.62. The first-order valence-corrected chi connectivity index (χ1v) is 6.65. The summed E-state index contributed by atoms with van der Waals surface area (Å²) >= 11 is 9.56. The van der Waals surface area contributed by atoms with E-state index in [1.165, 1.54) is 11.5 Å². The topological polar surface area (TPSA) is 0 Å². The predicted octanol–water partition coefficient (Wildman–Crippen LogP) is -0.0798. The number of hydrogen-bond acceptors (Lipinski definition) is 2. The number of thioether (sulfide) groups is 2. The molecule has 0 bridgehead atoms. The van der Waals surface area contributed by atoms with Gasteiger partial charge in [0.05, 0.1) is 0 Å². The van der Waals surface area contributed by atoms with Crippen LogP contribution in [0.3, 0.4) is 0 Å². The Kier molecular flexibility index (Phi) is 3.72. The third-order valence-electron chi connectivity index (χ3n) is 0.862. The van der Waals surface area contributed by atoms with Crippen LogP contribution in [0.15, 0.2) is 0 Å². The summed E-state index contributed by atoms with van der Waals surface area (Å²) in [6.07, 6.45) is 0. The van der Waals surface area contributed by atoms with Crippen molar-refractivity contribution in [1.82, 2.24) is 0 Å². The van der Waals surface area contributed by atoms with Crippen LogP contribution in [0.5, 0.6) is 0 Å². The Bertz CT molecular complexity index is 60.4. The zero-order chi connectivity index (χ0) is 5.98. The van der Waals surface area contributed by atoms with E-state index in [1.54, 1.807) is 0 Å². The Morgan fingerprint density at radius 2 is 1.38 bits per heavy atom. The van der Waals surface area contributed by atoms with Gasteiger partial charge in [0.1, 0.15) is 0 Å². The van der Waals surface area contributed by atoms with Crippen molar-refractivity contribution >= 4 is 55.5 Å². The molecule has 8 heavy (non-hydrogen) atoms. The molecule has 0 amide bonds. The normalized spacial score (nSPS) is 39.8. The van der Waals surface area contributed by atoms with Crippen LogP contribution in [0, 0.1) is 0 Å². The van der Waals surface area contributed by atoms with Crippen molar-refractivity contribution in [2.75, 3.05) is 11.5 Å². The molecule has 48 valence electrons. The van der Waals surface area contributed by atoms with Crippen molar-refractivity contribution in [3.8, 4) is 0 Å². The fourth-order valence-electron chi connectivity index (χ4n) is 0.483. The minimum absolute atomic E-state index is 0.827. The second-order valence-corrected chi connectivity index (χ2v) is 8.18. The van der Waals surface area contributed by atoms with Crippen molar-refractivity contribution in [3.63, 3.8) is 0 Å². The Morgan fingerprint density at radius 3 is 1.62 bits per heavy atom. The summed E-state index contributed by atoms with van der Waals surface area (Å²) in [6, 6.07) is 0. The van der Waals surface area contributed by atoms with Crippen LogP contribution in [-0.4, -0.2) is 51.8 Å². The third kappa shape index (κ3) is 2.55. The quantitative estimate of drug-likeness (QED) is 0.569. The standard InChI is InChI=1S/C4H8S2Se2/c7-3-1-5-4(8)2-6-3/h3-4,7-8H,1-2H2. The van der Waals surface area contributed by atoms with Crippen LogP contribution < -0.4 is 0 Å². The maximum atomic E-state index is 2.72. The van der Waals surface area contributed by atoms with E-state index in [4.69, 9.17) is 0 Å². The van der Waals surface area contributed by atoms with Gasteiger partial charge in [0.25, 0.3) is 0 Å². The average molecular weight is 278 g/mol. The Balaban J connectivity index is 2.19. The van der Waals surface area contributed by atoms with Gasteiger partial charge in [-0.1, -0.05) is 0 Å². The van der Waals surface area contributed by atoms with Crippen LogP contribution in [0.4, 0.5) is 0 Å². The van der Waals surface area contributed by atoms with Gasteiger partial charge in [0.2, 0.25) is 0 Å². The molecule has 0 spiro atoms. The average Bonchev–Trinajstić information content (AvgIpc) is 1.77. The Morgan fingerprint density at radius 1 is 1.00 bits per heavy atom. The van der Waals surface area contributed by atoms with E-state index in [0.29, 0.717) is 0 Å². The molecule has 0 aromatic rings. The van der Waals surface area contributed by atoms with Crippen molar-refractivity contribution in [2.45, 2.75) is 8.30 Å². The van der Waals surface area contributed by atoms with Gasteiger partial charge >= 0.3 is 75.4 Å². The molecule has 0 aromatic heterocycles. The second kappa shape index (κ2) is 3.80. The number of rotatable bonds is 0. The first-order chi connectivity index (χ1) is 3.79. The monoisotopic (exact) mass is 280 g/mol. The molecule has 0 saturated carbocycles. The Hall–Kier alpha value is 1.74. The van der Waals surface area contributed by atoms with E-state index < -0.39 is 0 Å². The fourth-order valence-corrected chi connectivity index (χ4v) is 4.66. The SMILES string of the molecule is [SeH]C1CSC([SeH])CS1. The first kappa shape index (κ1) is 7.84. The van der Waals surface area contributed by atoms with Crippen LogP contribution >= 0.6 is 23.5 Å². The van der Waals surface area contributed by atoms with E-state index in [9.17, 15) is 0 Å². The first-order valence-electron chi connectivity index (χ1n) is 2.38. The van der Waals surface area contributed by atoms with E-state index in [1.807, 2.05) is 0 Å². The molecule has 0 nitrogen and oxygen atoms in total. The van der Waals surface area contributed by atoms with E-state index in [-0.39, 0.29) is 0 Å². The molecule has 1 fully saturated rings. The maximum absolute atomic E-state index is 2.72. The summed E-state index contributed by atoms with van der Waals surface area (Å²) in [5.41, 5.74) is 0. The minimum atomic E-state index is 0.827. The third-order valence-corrected chi connectivity index (χ3v) is 7.16. The zero-order valence-electron chi connectivity index (χ0n) is 4.28. The molecule has 0 N–H and O–H groups in total. The van der Waals surface area contributed by atoms with Crippen molar-refractivity contribution < 1.29 is 0 Å². The van der Waals surface area contributed by atoms with E-state index in [0.717, 1.165) is 8.30 Å². The predicted molar refractivity (Wildman–Crippen MR) is 46.8 cm³/mol. The van der Waals surface area contributed by atoms with Gasteiger partial charge in [-0.2, -0.15) is 0 Å². The van der Waals surface area contributed by atoms with Crippen LogP contribution in [0.1, 0.15) is 0 Å². The molecule has 1 heterocycles. The summed E-state index contributed by atoms with van der Waals surface area (Å²) < 4.78 is 1.65. The van der Waals surface area contributed by atoms with Crippen molar-refractivity contribution in [2.24, 2.45) is 0 Å². The van der Waals surface area contributed by atoms with E-state index in [2.05, 4.69) is 55.5 Å². The fraction of sp³-hybridized carbons (Fsp3) is 1.00. The molecule has 4 heteroatoms. The molecule has 0 radical (unpaired) electrons. The van der Waals surface area contributed by atoms with Gasteiger partial charge in [-0.15, -0.1) is 0 Å². The molecule has 1 rings (SSSR count). The van der Waals surface area contributed by atoms with Crippen molar-refractivity contribution in [3.05, 3.63) is 0 Å². The van der Waals surface area contributed by atoms with Gasteiger partial charge in [0, 0.05) is 0 Å². The summed E-state index contributed by atoms with van der Waals surface area (Å²) in [5, 5.41) is 0. The molecule has 1 aliphatic heterocycles. The van der Waals surface area contributed by atoms with E-state index >= 15 is 0 Å². The van der Waals surface area contributed by atoms with Crippen LogP contribution in [-0.2, 0) is 0 Å². The summed E-state index contributed by atoms with van der Waals surface area (Å²) in [4.78, 5) is 0. The van der Waals surface area contributed by atoms with Gasteiger partial charge in [-0.3, -0.25) is 0 Å². The molecular formula is C4H8S2Se2. The van der Waals surface area contributed by atoms with Gasteiger partial charge < -0.3 is 0 Å². The zero-order valence-corrected chi connectivity index (χ0v) is 9.67. The second-order valence-electron chi connectivity index (χ2n) is 1.58. The molecule has 2 unspecified atom stereocenters. The van der Waals surface area contributed by atoms with Crippen LogP contribution in [0.25, 0.3) is 0 Å². The van der Waals surface area contributed by atoms with Gasteiger partial charge in [-0.05, 0) is 0 Å². The van der Waals surface area contributed by atoms with Gasteiger partial charge in [0.15, 0.2) is 0 Å². The molecule has 1 aliphatic rings.